The van der Waals surface area contributed by atoms with Crippen molar-refractivity contribution in [3.05, 3.63) is 64.7 Å². The molecule has 0 spiro atoms. The van der Waals surface area contributed by atoms with E-state index in [0.29, 0.717) is 5.02 Å². The molecule has 0 aromatic heterocycles. The molecule has 4 nitrogen and oxygen atoms in total. The maximum Gasteiger partial charge on any atom is 0.193 e. The van der Waals surface area contributed by atoms with Crippen molar-refractivity contribution in [1.29, 1.82) is 0 Å². The van der Waals surface area contributed by atoms with Crippen LogP contribution in [0, 0.1) is 6.92 Å². The van der Waals surface area contributed by atoms with Gasteiger partial charge in [0.15, 0.2) is 5.96 Å². The first-order valence-electron chi connectivity index (χ1n) is 6.62. The summed E-state index contributed by atoms with van der Waals surface area (Å²) < 4.78 is 0. The molecule has 0 heterocycles. The first-order chi connectivity index (χ1) is 10.0. The van der Waals surface area contributed by atoms with E-state index in [9.17, 15) is 5.11 Å². The molecule has 0 bridgehead atoms. The molecule has 4 N–H and O–H groups in total. The minimum atomic E-state index is -0.708. The Morgan fingerprint density at radius 3 is 2.36 bits per heavy atom. The summed E-state index contributed by atoms with van der Waals surface area (Å²) in [6.45, 7) is 2.20. The highest BCUT2D eigenvalue weighted by Crippen LogP contribution is 2.16. The third-order valence-electron chi connectivity index (χ3n) is 3.01. The van der Waals surface area contributed by atoms with Gasteiger partial charge in [0.25, 0.3) is 0 Å². The molecule has 0 saturated heterocycles. The van der Waals surface area contributed by atoms with Crippen LogP contribution in [0.5, 0.6) is 0 Å². The monoisotopic (exact) mass is 431 g/mol. The number of aliphatic hydroxyl groups excluding tert-OH is 1. The standard InChI is InChI=1S/C16H18ClN3O.HI/c1-11-2-8-14(9-3-11)20-16(18)19-10-15(21)12-4-6-13(17)7-5-12;/h2-9,15,21H,10H2,1H3,(H3,18,19,20);1H. The molecule has 2 aromatic rings. The van der Waals surface area contributed by atoms with Crippen LogP contribution in [0.15, 0.2) is 53.5 Å². The lowest BCUT2D eigenvalue weighted by atomic mass is 10.1. The van der Waals surface area contributed by atoms with Crippen LogP contribution in [0.4, 0.5) is 5.69 Å². The number of nitrogens with one attached hydrogen (secondary N) is 1. The van der Waals surface area contributed by atoms with Gasteiger partial charge in [0.1, 0.15) is 0 Å². The molecule has 2 aromatic carbocycles. The maximum absolute atomic E-state index is 10.0. The summed E-state index contributed by atoms with van der Waals surface area (Å²) in [4.78, 5) is 4.14. The molecular formula is C16H19ClIN3O. The highest BCUT2D eigenvalue weighted by atomic mass is 127. The van der Waals surface area contributed by atoms with Gasteiger partial charge in [0.05, 0.1) is 12.6 Å². The highest BCUT2D eigenvalue weighted by molar-refractivity contribution is 14.0. The van der Waals surface area contributed by atoms with Crippen LogP contribution in [-0.4, -0.2) is 17.6 Å². The predicted octanol–water partition coefficient (Wildman–Crippen LogP) is 3.73. The van der Waals surface area contributed by atoms with Crippen LogP contribution in [0.1, 0.15) is 17.2 Å². The Kier molecular flexibility index (Phi) is 7.64. The Balaban J connectivity index is 0.00000242. The van der Waals surface area contributed by atoms with Crippen LogP contribution < -0.4 is 11.1 Å². The van der Waals surface area contributed by atoms with E-state index in [1.54, 1.807) is 24.3 Å². The van der Waals surface area contributed by atoms with Gasteiger partial charge in [0.2, 0.25) is 0 Å². The molecule has 1 unspecified atom stereocenters. The fourth-order valence-electron chi connectivity index (χ4n) is 1.80. The lowest BCUT2D eigenvalue weighted by Crippen LogP contribution is -2.23. The molecule has 118 valence electrons. The second-order valence-electron chi connectivity index (χ2n) is 4.78. The van der Waals surface area contributed by atoms with Crippen LogP contribution in [0.3, 0.4) is 0 Å². The quantitative estimate of drug-likeness (QED) is 0.392. The minimum Gasteiger partial charge on any atom is -0.386 e. The molecule has 0 fully saturated rings. The third kappa shape index (κ3) is 5.82. The van der Waals surface area contributed by atoms with Crippen LogP contribution in [0.25, 0.3) is 0 Å². The van der Waals surface area contributed by atoms with E-state index < -0.39 is 6.10 Å². The number of halogens is 2. The molecular weight excluding hydrogens is 413 g/mol. The fourth-order valence-corrected chi connectivity index (χ4v) is 1.93. The van der Waals surface area contributed by atoms with Gasteiger partial charge in [0, 0.05) is 10.7 Å². The van der Waals surface area contributed by atoms with Crippen molar-refractivity contribution in [1.82, 2.24) is 0 Å². The zero-order valence-corrected chi connectivity index (χ0v) is 15.2. The predicted molar refractivity (Wildman–Crippen MR) is 103 cm³/mol. The number of hydrogen-bond acceptors (Lipinski definition) is 2. The van der Waals surface area contributed by atoms with Gasteiger partial charge in [-0.1, -0.05) is 41.4 Å². The molecule has 2 rings (SSSR count). The number of anilines is 1. The lowest BCUT2D eigenvalue weighted by Gasteiger charge is -2.10. The second kappa shape index (κ2) is 8.97. The van der Waals surface area contributed by atoms with Gasteiger partial charge < -0.3 is 16.2 Å². The number of aliphatic imine (C=N–C) groups is 1. The number of nitrogens with two attached hydrogens (primary N) is 1. The minimum absolute atomic E-state index is 0. The summed E-state index contributed by atoms with van der Waals surface area (Å²) in [6.07, 6.45) is -0.708. The first-order valence-corrected chi connectivity index (χ1v) is 6.99. The number of nitrogens with zero attached hydrogens (tertiary/aromatic N) is 1. The van der Waals surface area contributed by atoms with E-state index in [1.807, 2.05) is 31.2 Å². The maximum atomic E-state index is 10.0. The Morgan fingerprint density at radius 2 is 1.77 bits per heavy atom. The summed E-state index contributed by atoms with van der Waals surface area (Å²) in [6, 6.07) is 14.8. The summed E-state index contributed by atoms with van der Waals surface area (Å²) >= 11 is 5.81. The Hall–Kier alpha value is -1.31. The fraction of sp³-hybridized carbons (Fsp3) is 0.188. The number of rotatable bonds is 4. The van der Waals surface area contributed by atoms with Crippen molar-refractivity contribution >= 4 is 47.2 Å². The number of aliphatic hydroxyl groups is 1. The van der Waals surface area contributed by atoms with Crippen molar-refractivity contribution in [3.63, 3.8) is 0 Å². The van der Waals surface area contributed by atoms with E-state index in [4.69, 9.17) is 17.3 Å². The molecule has 0 aliphatic heterocycles. The van der Waals surface area contributed by atoms with Crippen molar-refractivity contribution in [2.45, 2.75) is 13.0 Å². The topological polar surface area (TPSA) is 70.6 Å². The molecule has 22 heavy (non-hydrogen) atoms. The van der Waals surface area contributed by atoms with E-state index in [2.05, 4.69) is 10.3 Å². The molecule has 0 aliphatic carbocycles. The Labute approximate surface area is 152 Å². The van der Waals surface area contributed by atoms with Crippen LogP contribution in [-0.2, 0) is 0 Å². The summed E-state index contributed by atoms with van der Waals surface area (Å²) in [5, 5.41) is 13.6. The number of guanidine groups is 1. The smallest absolute Gasteiger partial charge is 0.193 e. The summed E-state index contributed by atoms with van der Waals surface area (Å²) in [7, 11) is 0. The largest absolute Gasteiger partial charge is 0.386 e. The Morgan fingerprint density at radius 1 is 1.18 bits per heavy atom. The average Bonchev–Trinajstić information content (AvgIpc) is 2.48. The average molecular weight is 432 g/mol. The third-order valence-corrected chi connectivity index (χ3v) is 3.27. The zero-order valence-electron chi connectivity index (χ0n) is 12.2. The van der Waals surface area contributed by atoms with Gasteiger partial charge >= 0.3 is 0 Å². The SMILES string of the molecule is Cc1ccc(NC(N)=NCC(O)c2ccc(Cl)cc2)cc1.I. The second-order valence-corrected chi connectivity index (χ2v) is 5.22. The van der Waals surface area contributed by atoms with Crippen molar-refractivity contribution < 1.29 is 5.11 Å². The van der Waals surface area contributed by atoms with E-state index in [1.165, 1.54) is 5.56 Å². The van der Waals surface area contributed by atoms with Gasteiger partial charge in [-0.2, -0.15) is 0 Å². The lowest BCUT2D eigenvalue weighted by molar-refractivity contribution is 0.187. The molecule has 0 aliphatic rings. The number of aryl methyl sites for hydroxylation is 1. The van der Waals surface area contributed by atoms with E-state index in [0.717, 1.165) is 11.3 Å². The van der Waals surface area contributed by atoms with Gasteiger partial charge in [-0.05, 0) is 36.8 Å². The normalized spacial score (nSPS) is 12.4. The van der Waals surface area contributed by atoms with Crippen molar-refractivity contribution in [2.75, 3.05) is 11.9 Å². The van der Waals surface area contributed by atoms with Gasteiger partial charge in [-0.3, -0.25) is 4.99 Å². The summed E-state index contributed by atoms with van der Waals surface area (Å²) in [5.41, 5.74) is 8.60. The van der Waals surface area contributed by atoms with Crippen molar-refractivity contribution in [3.8, 4) is 0 Å². The van der Waals surface area contributed by atoms with E-state index >= 15 is 0 Å². The highest BCUT2D eigenvalue weighted by Gasteiger charge is 2.06. The molecule has 0 saturated carbocycles. The molecule has 0 radical (unpaired) electrons. The van der Waals surface area contributed by atoms with Gasteiger partial charge in [-0.25, -0.2) is 0 Å². The Bertz CT molecular complexity index is 614. The van der Waals surface area contributed by atoms with Crippen LogP contribution >= 0.6 is 35.6 Å². The molecule has 0 amide bonds. The van der Waals surface area contributed by atoms with Crippen molar-refractivity contribution in [2.24, 2.45) is 10.7 Å². The molecule has 6 heteroatoms. The molecule has 1 atom stereocenters. The summed E-state index contributed by atoms with van der Waals surface area (Å²) in [5.74, 6) is 0.270. The van der Waals surface area contributed by atoms with E-state index in [-0.39, 0.29) is 36.5 Å². The van der Waals surface area contributed by atoms with Crippen LogP contribution in [0.2, 0.25) is 5.02 Å². The number of hydrogen-bond donors (Lipinski definition) is 3. The first kappa shape index (κ1) is 18.7. The number of benzene rings is 2. The zero-order chi connectivity index (χ0) is 15.2. The van der Waals surface area contributed by atoms with Gasteiger partial charge in [-0.15, -0.1) is 24.0 Å².